The second kappa shape index (κ2) is 5.89. The predicted molar refractivity (Wildman–Crippen MR) is 81.7 cm³/mol. The van der Waals surface area contributed by atoms with Crippen molar-refractivity contribution >= 4 is 10.8 Å². The molecule has 100 valence electrons. The first-order valence-electron chi connectivity index (χ1n) is 6.55. The van der Waals surface area contributed by atoms with Gasteiger partial charge in [-0.3, -0.25) is 0 Å². The predicted octanol–water partition coefficient (Wildman–Crippen LogP) is 4.08. The molecule has 0 fully saturated rings. The van der Waals surface area contributed by atoms with E-state index >= 15 is 0 Å². The molecule has 1 atom stereocenters. The van der Waals surface area contributed by atoms with Crippen LogP contribution in [0.25, 0.3) is 10.8 Å². The summed E-state index contributed by atoms with van der Waals surface area (Å²) in [5.74, 6) is 0.897. The Morgan fingerprint density at radius 3 is 2.58 bits per heavy atom. The Hall–Kier alpha value is -1.80. The molecule has 2 rings (SSSR count). The van der Waals surface area contributed by atoms with Gasteiger partial charge in [-0.1, -0.05) is 30.4 Å². The van der Waals surface area contributed by atoms with E-state index in [4.69, 9.17) is 4.74 Å². The van der Waals surface area contributed by atoms with E-state index in [-0.39, 0.29) is 0 Å². The van der Waals surface area contributed by atoms with E-state index in [1.807, 2.05) is 13.0 Å². The number of methoxy groups -OCH3 is 1. The highest BCUT2D eigenvalue weighted by Crippen LogP contribution is 2.24. The molecule has 0 bridgehead atoms. The van der Waals surface area contributed by atoms with Crippen LogP contribution in [0.3, 0.4) is 0 Å². The van der Waals surface area contributed by atoms with E-state index in [2.05, 4.69) is 49.2 Å². The van der Waals surface area contributed by atoms with Gasteiger partial charge in [0.2, 0.25) is 0 Å². The maximum atomic E-state index is 5.24. The maximum absolute atomic E-state index is 5.24. The highest BCUT2D eigenvalue weighted by molar-refractivity contribution is 5.84. The topological polar surface area (TPSA) is 21.3 Å². The summed E-state index contributed by atoms with van der Waals surface area (Å²) < 4.78 is 5.24. The first-order valence-corrected chi connectivity index (χ1v) is 6.55. The number of ether oxygens (including phenoxy) is 1. The molecular formula is C17H21NO. The van der Waals surface area contributed by atoms with Gasteiger partial charge in [-0.05, 0) is 48.4 Å². The molecule has 1 N–H and O–H groups in total. The van der Waals surface area contributed by atoms with Gasteiger partial charge in [0.05, 0.1) is 7.11 Å². The van der Waals surface area contributed by atoms with Crippen LogP contribution in [-0.2, 0) is 0 Å². The highest BCUT2D eigenvalue weighted by Gasteiger charge is 2.05. The molecule has 0 saturated heterocycles. The largest absolute Gasteiger partial charge is 0.497 e. The normalized spacial score (nSPS) is 12.4. The van der Waals surface area contributed by atoms with Crippen molar-refractivity contribution in [3.63, 3.8) is 0 Å². The van der Waals surface area contributed by atoms with Crippen LogP contribution in [0.1, 0.15) is 25.5 Å². The SMILES string of the molecule is C=C(C)CNC(C)c1ccc2cc(OC)ccc2c1. The van der Waals surface area contributed by atoms with E-state index in [9.17, 15) is 0 Å². The smallest absolute Gasteiger partial charge is 0.119 e. The number of fused-ring (bicyclic) bond motifs is 1. The molecule has 19 heavy (non-hydrogen) atoms. The highest BCUT2D eigenvalue weighted by atomic mass is 16.5. The van der Waals surface area contributed by atoms with Crippen molar-refractivity contribution in [2.75, 3.05) is 13.7 Å². The Bertz CT molecular complexity index is 589. The Kier molecular flexibility index (Phi) is 4.23. The van der Waals surface area contributed by atoms with Crippen molar-refractivity contribution < 1.29 is 4.74 Å². The zero-order valence-electron chi connectivity index (χ0n) is 11.9. The third-order valence-corrected chi connectivity index (χ3v) is 3.28. The fourth-order valence-electron chi connectivity index (χ4n) is 2.08. The third kappa shape index (κ3) is 3.36. The van der Waals surface area contributed by atoms with Gasteiger partial charge in [-0.25, -0.2) is 0 Å². The van der Waals surface area contributed by atoms with Crippen LogP contribution in [0.4, 0.5) is 0 Å². The molecule has 1 unspecified atom stereocenters. The zero-order valence-corrected chi connectivity index (χ0v) is 11.9. The molecule has 2 heteroatoms. The minimum absolute atomic E-state index is 0.322. The molecule has 0 aliphatic carbocycles. The molecule has 0 heterocycles. The Morgan fingerprint density at radius 2 is 1.89 bits per heavy atom. The number of rotatable bonds is 5. The maximum Gasteiger partial charge on any atom is 0.119 e. The number of benzene rings is 2. The second-order valence-corrected chi connectivity index (χ2v) is 5.03. The fraction of sp³-hybridized carbons (Fsp3) is 0.294. The summed E-state index contributed by atoms with van der Waals surface area (Å²) in [6, 6.07) is 13.0. The van der Waals surface area contributed by atoms with Gasteiger partial charge in [-0.2, -0.15) is 0 Å². The molecule has 2 aromatic carbocycles. The van der Waals surface area contributed by atoms with Crippen molar-refractivity contribution in [3.8, 4) is 5.75 Å². The zero-order chi connectivity index (χ0) is 13.8. The summed E-state index contributed by atoms with van der Waals surface area (Å²) in [4.78, 5) is 0. The van der Waals surface area contributed by atoms with E-state index in [0.717, 1.165) is 17.9 Å². The quantitative estimate of drug-likeness (QED) is 0.813. The van der Waals surface area contributed by atoms with Gasteiger partial charge in [0, 0.05) is 12.6 Å². The Balaban J connectivity index is 2.23. The summed E-state index contributed by atoms with van der Waals surface area (Å²) in [7, 11) is 1.69. The van der Waals surface area contributed by atoms with Crippen molar-refractivity contribution in [3.05, 3.63) is 54.1 Å². The van der Waals surface area contributed by atoms with Gasteiger partial charge in [-0.15, -0.1) is 0 Å². The lowest BCUT2D eigenvalue weighted by atomic mass is 10.0. The fourth-order valence-corrected chi connectivity index (χ4v) is 2.08. The van der Waals surface area contributed by atoms with Gasteiger partial charge in [0.25, 0.3) is 0 Å². The molecule has 0 radical (unpaired) electrons. The lowest BCUT2D eigenvalue weighted by molar-refractivity contribution is 0.415. The molecule has 2 nitrogen and oxygen atoms in total. The Labute approximate surface area is 115 Å². The second-order valence-electron chi connectivity index (χ2n) is 5.03. The van der Waals surface area contributed by atoms with Gasteiger partial charge in [0.15, 0.2) is 0 Å². The van der Waals surface area contributed by atoms with Crippen LogP contribution < -0.4 is 10.1 Å². The van der Waals surface area contributed by atoms with Crippen LogP contribution in [0.5, 0.6) is 5.75 Å². The van der Waals surface area contributed by atoms with Crippen molar-refractivity contribution in [2.24, 2.45) is 0 Å². The van der Waals surface area contributed by atoms with Crippen LogP contribution in [0.15, 0.2) is 48.6 Å². The van der Waals surface area contributed by atoms with Crippen molar-refractivity contribution in [1.82, 2.24) is 5.32 Å². The molecular weight excluding hydrogens is 234 g/mol. The molecule has 0 aliphatic heterocycles. The molecule has 0 amide bonds. The van der Waals surface area contributed by atoms with Crippen molar-refractivity contribution in [1.29, 1.82) is 0 Å². The van der Waals surface area contributed by atoms with Crippen molar-refractivity contribution in [2.45, 2.75) is 19.9 Å². The first kappa shape index (κ1) is 13.6. The summed E-state index contributed by atoms with van der Waals surface area (Å²) in [5, 5.41) is 5.90. The molecule has 0 spiro atoms. The first-order chi connectivity index (χ1) is 9.10. The summed E-state index contributed by atoms with van der Waals surface area (Å²) >= 11 is 0. The van der Waals surface area contributed by atoms with Gasteiger partial charge in [0.1, 0.15) is 5.75 Å². The van der Waals surface area contributed by atoms with Crippen LogP contribution in [-0.4, -0.2) is 13.7 Å². The summed E-state index contributed by atoms with van der Waals surface area (Å²) in [6.07, 6.45) is 0. The summed E-state index contributed by atoms with van der Waals surface area (Å²) in [6.45, 7) is 8.97. The molecule has 0 aromatic heterocycles. The third-order valence-electron chi connectivity index (χ3n) is 3.28. The lowest BCUT2D eigenvalue weighted by Gasteiger charge is -2.15. The van der Waals surface area contributed by atoms with Gasteiger partial charge < -0.3 is 10.1 Å². The Morgan fingerprint density at radius 1 is 1.21 bits per heavy atom. The minimum atomic E-state index is 0.322. The van der Waals surface area contributed by atoms with Crippen LogP contribution >= 0.6 is 0 Å². The number of nitrogens with one attached hydrogen (secondary N) is 1. The molecule has 0 saturated carbocycles. The number of hydrogen-bond acceptors (Lipinski definition) is 2. The van der Waals surface area contributed by atoms with E-state index in [1.165, 1.54) is 16.3 Å². The average molecular weight is 255 g/mol. The van der Waals surface area contributed by atoms with E-state index in [1.54, 1.807) is 7.11 Å². The minimum Gasteiger partial charge on any atom is -0.497 e. The number of hydrogen-bond donors (Lipinski definition) is 1. The van der Waals surface area contributed by atoms with E-state index < -0.39 is 0 Å². The average Bonchev–Trinajstić information content (AvgIpc) is 2.43. The van der Waals surface area contributed by atoms with Crippen LogP contribution in [0.2, 0.25) is 0 Å². The van der Waals surface area contributed by atoms with Gasteiger partial charge >= 0.3 is 0 Å². The van der Waals surface area contributed by atoms with Crippen LogP contribution in [0, 0.1) is 0 Å². The molecule has 2 aromatic rings. The molecule has 0 aliphatic rings. The monoisotopic (exact) mass is 255 g/mol. The van der Waals surface area contributed by atoms with E-state index in [0.29, 0.717) is 6.04 Å². The lowest BCUT2D eigenvalue weighted by Crippen LogP contribution is -2.20. The summed E-state index contributed by atoms with van der Waals surface area (Å²) in [5.41, 5.74) is 2.44. The standard InChI is InChI=1S/C17H21NO/c1-12(2)11-18-13(3)14-5-6-16-10-17(19-4)8-7-15(16)9-14/h5-10,13,18H,1,11H2,2-4H3.